The molecule has 1 aliphatic heterocycles. The van der Waals surface area contributed by atoms with Gasteiger partial charge in [-0.3, -0.25) is 0 Å². The van der Waals surface area contributed by atoms with Gasteiger partial charge in [-0.15, -0.1) is 0 Å². The van der Waals surface area contributed by atoms with Crippen LogP contribution in [0.5, 0.6) is 5.75 Å². The van der Waals surface area contributed by atoms with Crippen LogP contribution >= 0.6 is 0 Å². The lowest BCUT2D eigenvalue weighted by Gasteiger charge is -2.19. The molecule has 0 unspecified atom stereocenters. The Kier molecular flexibility index (Phi) is 5.16. The highest BCUT2D eigenvalue weighted by Crippen LogP contribution is 2.20. The smallest absolute Gasteiger partial charge is 0.341 e. The molecule has 1 N–H and O–H groups in total. The van der Waals surface area contributed by atoms with Gasteiger partial charge in [-0.2, -0.15) is 4.31 Å². The summed E-state index contributed by atoms with van der Waals surface area (Å²) >= 11 is 0. The summed E-state index contributed by atoms with van der Waals surface area (Å²) in [5.74, 6) is -0.771. The number of nitrogens with zero attached hydrogens (tertiary/aromatic N) is 1. The summed E-state index contributed by atoms with van der Waals surface area (Å²) in [4.78, 5) is 10.6. The van der Waals surface area contributed by atoms with Crippen molar-refractivity contribution < 1.29 is 27.8 Å². The molecular weight excluding hydrogens is 298 g/mol. The van der Waals surface area contributed by atoms with E-state index in [9.17, 15) is 13.2 Å². The molecule has 1 heterocycles. The first-order chi connectivity index (χ1) is 10.00. The van der Waals surface area contributed by atoms with Crippen LogP contribution in [-0.2, 0) is 19.6 Å². The molecule has 0 bridgehead atoms. The van der Waals surface area contributed by atoms with E-state index in [-0.39, 0.29) is 4.90 Å². The first kappa shape index (κ1) is 15.7. The van der Waals surface area contributed by atoms with Crippen LogP contribution in [0.1, 0.15) is 6.42 Å². The molecule has 1 saturated heterocycles. The topological polar surface area (TPSA) is 93.1 Å². The molecule has 0 spiro atoms. The third kappa shape index (κ3) is 4.16. The lowest BCUT2D eigenvalue weighted by molar-refractivity contribution is -0.139. The second-order valence-electron chi connectivity index (χ2n) is 4.52. The summed E-state index contributed by atoms with van der Waals surface area (Å²) in [6, 6.07) is 5.73. The van der Waals surface area contributed by atoms with Crippen molar-refractivity contribution in [1.29, 1.82) is 0 Å². The maximum Gasteiger partial charge on any atom is 0.341 e. The molecule has 0 radical (unpaired) electrons. The number of ether oxygens (including phenoxy) is 2. The zero-order valence-electron chi connectivity index (χ0n) is 11.4. The zero-order valence-corrected chi connectivity index (χ0v) is 12.2. The van der Waals surface area contributed by atoms with Crippen molar-refractivity contribution in [2.75, 3.05) is 32.9 Å². The summed E-state index contributed by atoms with van der Waals surface area (Å²) in [6.45, 7) is 1.25. The molecule has 0 saturated carbocycles. The summed E-state index contributed by atoms with van der Waals surface area (Å²) in [5.41, 5.74) is 0. The summed E-state index contributed by atoms with van der Waals surface area (Å²) < 4.78 is 36.5. The van der Waals surface area contributed by atoms with Gasteiger partial charge in [0.25, 0.3) is 0 Å². The minimum Gasteiger partial charge on any atom is -0.482 e. The second-order valence-corrected chi connectivity index (χ2v) is 6.46. The van der Waals surface area contributed by atoms with Crippen molar-refractivity contribution in [3.8, 4) is 5.75 Å². The van der Waals surface area contributed by atoms with Gasteiger partial charge in [0.1, 0.15) is 5.75 Å². The van der Waals surface area contributed by atoms with Gasteiger partial charge < -0.3 is 14.6 Å². The minimum atomic E-state index is -3.55. The Morgan fingerprint density at radius 2 is 1.95 bits per heavy atom. The van der Waals surface area contributed by atoms with Crippen molar-refractivity contribution in [2.24, 2.45) is 0 Å². The van der Waals surface area contributed by atoms with Gasteiger partial charge in [0.15, 0.2) is 6.61 Å². The highest BCUT2D eigenvalue weighted by molar-refractivity contribution is 7.89. The number of carbonyl (C=O) groups is 1. The van der Waals surface area contributed by atoms with Crippen LogP contribution in [-0.4, -0.2) is 56.7 Å². The standard InChI is InChI=1S/C13H17NO6S/c15-13(16)10-20-11-2-4-12(5-3-11)21(17,18)14-6-1-8-19-9-7-14/h2-5H,1,6-10H2,(H,15,16). The molecular formula is C13H17NO6S. The Morgan fingerprint density at radius 1 is 1.24 bits per heavy atom. The molecule has 0 atom stereocenters. The number of carboxylic acids is 1. The number of sulfonamides is 1. The van der Waals surface area contributed by atoms with E-state index < -0.39 is 22.6 Å². The SMILES string of the molecule is O=C(O)COc1ccc(S(=O)(=O)N2CCCOCC2)cc1. The quantitative estimate of drug-likeness (QED) is 0.853. The lowest BCUT2D eigenvalue weighted by atomic mass is 10.3. The fourth-order valence-electron chi connectivity index (χ4n) is 1.97. The average Bonchev–Trinajstić information content (AvgIpc) is 2.75. The lowest BCUT2D eigenvalue weighted by Crippen LogP contribution is -2.33. The van der Waals surface area contributed by atoms with Gasteiger partial charge in [-0.1, -0.05) is 0 Å². The van der Waals surface area contributed by atoms with Crippen molar-refractivity contribution in [1.82, 2.24) is 4.31 Å². The van der Waals surface area contributed by atoms with E-state index in [1.54, 1.807) is 0 Å². The van der Waals surface area contributed by atoms with E-state index >= 15 is 0 Å². The fourth-order valence-corrected chi connectivity index (χ4v) is 3.43. The highest BCUT2D eigenvalue weighted by Gasteiger charge is 2.25. The molecule has 1 aromatic rings. The van der Waals surface area contributed by atoms with Gasteiger partial charge in [-0.05, 0) is 30.7 Å². The molecule has 0 aliphatic carbocycles. The molecule has 0 aromatic heterocycles. The van der Waals surface area contributed by atoms with Crippen LogP contribution in [0.3, 0.4) is 0 Å². The monoisotopic (exact) mass is 315 g/mol. The Morgan fingerprint density at radius 3 is 2.62 bits per heavy atom. The Hall–Kier alpha value is -1.64. The number of rotatable bonds is 5. The first-order valence-electron chi connectivity index (χ1n) is 6.53. The predicted octanol–water partition coefficient (Wildman–Crippen LogP) is 0.561. The van der Waals surface area contributed by atoms with Crippen molar-refractivity contribution in [2.45, 2.75) is 11.3 Å². The van der Waals surface area contributed by atoms with Crippen LogP contribution in [0.15, 0.2) is 29.2 Å². The Labute approximate surface area is 123 Å². The van der Waals surface area contributed by atoms with E-state index in [0.717, 1.165) is 0 Å². The molecule has 21 heavy (non-hydrogen) atoms. The molecule has 8 heteroatoms. The Bertz CT molecular complexity index is 575. The maximum atomic E-state index is 12.5. The van der Waals surface area contributed by atoms with Crippen LogP contribution in [0.4, 0.5) is 0 Å². The molecule has 1 fully saturated rings. The number of carboxylic acid groups (broad SMARTS) is 1. The largest absolute Gasteiger partial charge is 0.482 e. The molecule has 116 valence electrons. The zero-order chi connectivity index (χ0) is 15.3. The number of hydrogen-bond donors (Lipinski definition) is 1. The van der Waals surface area contributed by atoms with Gasteiger partial charge in [0.05, 0.1) is 11.5 Å². The summed E-state index contributed by atoms with van der Waals surface area (Å²) in [7, 11) is -3.55. The van der Waals surface area contributed by atoms with Gasteiger partial charge in [0, 0.05) is 19.7 Å². The van der Waals surface area contributed by atoms with E-state index in [1.165, 1.54) is 28.6 Å². The third-order valence-corrected chi connectivity index (χ3v) is 4.92. The number of benzene rings is 1. The Balaban J connectivity index is 2.10. The molecule has 1 aromatic carbocycles. The average molecular weight is 315 g/mol. The predicted molar refractivity (Wildman–Crippen MR) is 73.8 cm³/mol. The van der Waals surface area contributed by atoms with E-state index in [2.05, 4.69) is 0 Å². The molecule has 0 amide bonds. The number of aliphatic carboxylic acids is 1. The van der Waals surface area contributed by atoms with Crippen LogP contribution < -0.4 is 4.74 Å². The van der Waals surface area contributed by atoms with Crippen LogP contribution in [0.25, 0.3) is 0 Å². The van der Waals surface area contributed by atoms with Crippen molar-refractivity contribution in [3.63, 3.8) is 0 Å². The maximum absolute atomic E-state index is 12.5. The van der Waals surface area contributed by atoms with E-state index in [4.69, 9.17) is 14.6 Å². The van der Waals surface area contributed by atoms with Gasteiger partial charge in [0.2, 0.25) is 10.0 Å². The minimum absolute atomic E-state index is 0.159. The molecule has 1 aliphatic rings. The van der Waals surface area contributed by atoms with Crippen LogP contribution in [0, 0.1) is 0 Å². The van der Waals surface area contributed by atoms with E-state index in [1.807, 2.05) is 0 Å². The highest BCUT2D eigenvalue weighted by atomic mass is 32.2. The second kappa shape index (κ2) is 6.88. The normalized spacial score (nSPS) is 17.1. The molecule has 2 rings (SSSR count). The van der Waals surface area contributed by atoms with Crippen molar-refractivity contribution in [3.05, 3.63) is 24.3 Å². The first-order valence-corrected chi connectivity index (χ1v) is 7.97. The fraction of sp³-hybridized carbons (Fsp3) is 0.462. The molecule has 7 nitrogen and oxygen atoms in total. The van der Waals surface area contributed by atoms with Crippen LogP contribution in [0.2, 0.25) is 0 Å². The van der Waals surface area contributed by atoms with Crippen molar-refractivity contribution >= 4 is 16.0 Å². The number of hydrogen-bond acceptors (Lipinski definition) is 5. The third-order valence-electron chi connectivity index (χ3n) is 3.01. The van der Waals surface area contributed by atoms with E-state index in [0.29, 0.717) is 38.5 Å². The summed E-state index contributed by atoms with van der Waals surface area (Å²) in [5, 5.41) is 8.52. The van der Waals surface area contributed by atoms with Gasteiger partial charge >= 0.3 is 5.97 Å². The van der Waals surface area contributed by atoms with Gasteiger partial charge in [-0.25, -0.2) is 13.2 Å². The summed E-state index contributed by atoms with van der Waals surface area (Å²) in [6.07, 6.45) is 0.666.